The van der Waals surface area contributed by atoms with Gasteiger partial charge in [-0.15, -0.1) is 0 Å². The first-order valence-corrected chi connectivity index (χ1v) is 6.26. The van der Waals surface area contributed by atoms with Crippen LogP contribution in [0.3, 0.4) is 0 Å². The zero-order chi connectivity index (χ0) is 11.4. The third-order valence-corrected chi connectivity index (χ3v) is 3.54. The monoisotopic (exact) mass is 218 g/mol. The van der Waals surface area contributed by atoms with E-state index in [2.05, 4.69) is 41.4 Å². The number of hydrogen-bond donors (Lipinski definition) is 1. The molecule has 0 saturated carbocycles. The van der Waals surface area contributed by atoms with Crippen molar-refractivity contribution in [3.05, 3.63) is 35.4 Å². The molecule has 0 spiro atoms. The Hall–Kier alpha value is -0.860. The lowest BCUT2D eigenvalue weighted by Gasteiger charge is -2.23. The molecule has 88 valence electrons. The Morgan fingerprint density at radius 3 is 2.44 bits per heavy atom. The van der Waals surface area contributed by atoms with Crippen LogP contribution in [0.15, 0.2) is 24.3 Å². The summed E-state index contributed by atoms with van der Waals surface area (Å²) in [6.07, 6.45) is 2.55. The third kappa shape index (κ3) is 2.63. The Labute approximate surface area is 98.7 Å². The van der Waals surface area contributed by atoms with Gasteiger partial charge in [0.2, 0.25) is 0 Å². The van der Waals surface area contributed by atoms with Crippen molar-refractivity contribution in [2.45, 2.75) is 38.9 Å². The Morgan fingerprint density at radius 2 is 1.88 bits per heavy atom. The first-order valence-electron chi connectivity index (χ1n) is 6.26. The van der Waals surface area contributed by atoms with E-state index in [1.54, 1.807) is 0 Å². The summed E-state index contributed by atoms with van der Waals surface area (Å²) in [5.74, 6) is 0. The van der Waals surface area contributed by atoms with Gasteiger partial charge in [-0.2, -0.15) is 0 Å². The average molecular weight is 218 g/mol. The molecule has 1 heterocycles. The number of nitrogens with one attached hydrogen (secondary N) is 1. The second-order valence-electron chi connectivity index (χ2n) is 4.77. The van der Waals surface area contributed by atoms with Crippen LogP contribution in [-0.4, -0.2) is 24.5 Å². The molecule has 16 heavy (non-hydrogen) atoms. The fourth-order valence-electron chi connectivity index (χ4n) is 2.43. The number of fused-ring (bicyclic) bond motifs is 1. The van der Waals surface area contributed by atoms with Gasteiger partial charge in [-0.1, -0.05) is 24.3 Å². The summed E-state index contributed by atoms with van der Waals surface area (Å²) < 4.78 is 0. The van der Waals surface area contributed by atoms with E-state index in [1.807, 2.05) is 7.05 Å². The summed E-state index contributed by atoms with van der Waals surface area (Å²) in [6, 6.07) is 9.51. The van der Waals surface area contributed by atoms with Crippen LogP contribution in [0, 0.1) is 0 Å². The maximum Gasteiger partial charge on any atom is 0.0243 e. The maximum atomic E-state index is 3.21. The second-order valence-corrected chi connectivity index (χ2v) is 4.77. The van der Waals surface area contributed by atoms with Crippen molar-refractivity contribution < 1.29 is 0 Å². The minimum Gasteiger partial charge on any atom is -0.320 e. The van der Waals surface area contributed by atoms with Crippen molar-refractivity contribution in [1.29, 1.82) is 0 Å². The normalized spacial score (nSPS) is 17.4. The van der Waals surface area contributed by atoms with Crippen LogP contribution in [0.25, 0.3) is 0 Å². The van der Waals surface area contributed by atoms with Crippen LogP contribution < -0.4 is 5.32 Å². The summed E-state index contributed by atoms with van der Waals surface area (Å²) in [6.45, 7) is 5.75. The lowest BCUT2D eigenvalue weighted by Crippen LogP contribution is -2.28. The minimum atomic E-state index is 0.695. The number of hydrogen-bond acceptors (Lipinski definition) is 2. The molecule has 2 heteroatoms. The Balaban J connectivity index is 1.86. The van der Waals surface area contributed by atoms with Crippen molar-refractivity contribution in [2.24, 2.45) is 0 Å². The van der Waals surface area contributed by atoms with Gasteiger partial charge >= 0.3 is 0 Å². The molecule has 2 nitrogen and oxygen atoms in total. The molecule has 1 unspecified atom stereocenters. The number of benzene rings is 1. The zero-order valence-corrected chi connectivity index (χ0v) is 10.4. The minimum absolute atomic E-state index is 0.695. The highest BCUT2D eigenvalue weighted by molar-refractivity contribution is 5.30. The van der Waals surface area contributed by atoms with Crippen molar-refractivity contribution >= 4 is 0 Å². The van der Waals surface area contributed by atoms with Gasteiger partial charge in [-0.3, -0.25) is 4.90 Å². The molecule has 1 aromatic rings. The second kappa shape index (κ2) is 5.46. The van der Waals surface area contributed by atoms with Crippen LogP contribution in [0.5, 0.6) is 0 Å². The quantitative estimate of drug-likeness (QED) is 0.763. The van der Waals surface area contributed by atoms with Gasteiger partial charge in [0.25, 0.3) is 0 Å². The Bertz CT molecular complexity index is 310. The van der Waals surface area contributed by atoms with E-state index < -0.39 is 0 Å². The summed E-state index contributed by atoms with van der Waals surface area (Å²) in [7, 11) is 2.02. The molecule has 1 aliphatic rings. The standard InChI is InChI=1S/C14H22N2/c1-12(6-5-9-15-2)16-10-13-7-3-4-8-14(13)11-16/h3-4,7-8,12,15H,5-6,9-11H2,1-2H3. The fraction of sp³-hybridized carbons (Fsp3) is 0.571. The molecule has 0 aromatic heterocycles. The third-order valence-electron chi connectivity index (χ3n) is 3.54. The van der Waals surface area contributed by atoms with E-state index in [-0.39, 0.29) is 0 Å². The van der Waals surface area contributed by atoms with E-state index in [4.69, 9.17) is 0 Å². The van der Waals surface area contributed by atoms with Gasteiger partial charge in [0.1, 0.15) is 0 Å². The van der Waals surface area contributed by atoms with E-state index >= 15 is 0 Å². The van der Waals surface area contributed by atoms with Crippen LogP contribution in [0.1, 0.15) is 30.9 Å². The van der Waals surface area contributed by atoms with Gasteiger partial charge in [0.15, 0.2) is 0 Å². The zero-order valence-electron chi connectivity index (χ0n) is 10.4. The molecular formula is C14H22N2. The lowest BCUT2D eigenvalue weighted by atomic mass is 10.1. The van der Waals surface area contributed by atoms with Crippen molar-refractivity contribution in [2.75, 3.05) is 13.6 Å². The topological polar surface area (TPSA) is 15.3 Å². The molecule has 1 N–H and O–H groups in total. The summed E-state index contributed by atoms with van der Waals surface area (Å²) in [5.41, 5.74) is 3.03. The fourth-order valence-corrected chi connectivity index (χ4v) is 2.43. The average Bonchev–Trinajstić information content (AvgIpc) is 2.73. The molecule has 1 aromatic carbocycles. The van der Waals surface area contributed by atoms with Crippen molar-refractivity contribution in [3.63, 3.8) is 0 Å². The predicted molar refractivity (Wildman–Crippen MR) is 68.3 cm³/mol. The van der Waals surface area contributed by atoms with E-state index in [9.17, 15) is 0 Å². The molecule has 0 aliphatic carbocycles. The molecular weight excluding hydrogens is 196 g/mol. The van der Waals surface area contributed by atoms with Crippen LogP contribution >= 0.6 is 0 Å². The molecule has 0 amide bonds. The first kappa shape index (κ1) is 11.6. The molecule has 0 saturated heterocycles. The Kier molecular flexibility index (Phi) is 3.97. The summed E-state index contributed by atoms with van der Waals surface area (Å²) in [4.78, 5) is 2.58. The summed E-state index contributed by atoms with van der Waals surface area (Å²) >= 11 is 0. The SMILES string of the molecule is CNCCCC(C)N1Cc2ccccc2C1. The highest BCUT2D eigenvalue weighted by atomic mass is 15.2. The smallest absolute Gasteiger partial charge is 0.0243 e. The van der Waals surface area contributed by atoms with E-state index in [0.717, 1.165) is 19.6 Å². The molecule has 0 radical (unpaired) electrons. The maximum absolute atomic E-state index is 3.21. The molecule has 1 atom stereocenters. The summed E-state index contributed by atoms with van der Waals surface area (Å²) in [5, 5.41) is 3.21. The first-order chi connectivity index (χ1) is 7.81. The molecule has 0 fully saturated rings. The van der Waals surface area contributed by atoms with Gasteiger partial charge < -0.3 is 5.32 Å². The van der Waals surface area contributed by atoms with Crippen molar-refractivity contribution in [3.8, 4) is 0 Å². The van der Waals surface area contributed by atoms with Crippen LogP contribution in [0.4, 0.5) is 0 Å². The van der Waals surface area contributed by atoms with E-state index in [0.29, 0.717) is 6.04 Å². The number of rotatable bonds is 5. The van der Waals surface area contributed by atoms with Gasteiger partial charge in [0.05, 0.1) is 0 Å². The largest absolute Gasteiger partial charge is 0.320 e. The van der Waals surface area contributed by atoms with Gasteiger partial charge in [-0.05, 0) is 44.5 Å². The molecule has 2 rings (SSSR count). The van der Waals surface area contributed by atoms with Crippen LogP contribution in [0.2, 0.25) is 0 Å². The number of nitrogens with zero attached hydrogens (tertiary/aromatic N) is 1. The lowest BCUT2D eigenvalue weighted by molar-refractivity contribution is 0.200. The molecule has 0 bridgehead atoms. The van der Waals surface area contributed by atoms with Gasteiger partial charge in [-0.25, -0.2) is 0 Å². The Morgan fingerprint density at radius 1 is 1.25 bits per heavy atom. The highest BCUT2D eigenvalue weighted by Crippen LogP contribution is 2.25. The molecule has 1 aliphatic heterocycles. The van der Waals surface area contributed by atoms with Gasteiger partial charge in [0, 0.05) is 19.1 Å². The van der Waals surface area contributed by atoms with E-state index in [1.165, 1.54) is 24.0 Å². The van der Waals surface area contributed by atoms with Crippen LogP contribution in [-0.2, 0) is 13.1 Å². The highest BCUT2D eigenvalue weighted by Gasteiger charge is 2.21. The van der Waals surface area contributed by atoms with Crippen molar-refractivity contribution in [1.82, 2.24) is 10.2 Å². The predicted octanol–water partition coefficient (Wildman–Crippen LogP) is 2.39.